The Morgan fingerprint density at radius 3 is 2.62 bits per heavy atom. The van der Waals surface area contributed by atoms with Gasteiger partial charge in [0.15, 0.2) is 0 Å². The van der Waals surface area contributed by atoms with Crippen molar-refractivity contribution in [2.24, 2.45) is 0 Å². The van der Waals surface area contributed by atoms with Gasteiger partial charge in [-0.3, -0.25) is 0 Å². The summed E-state index contributed by atoms with van der Waals surface area (Å²) in [7, 11) is 3.44. The molecule has 16 heavy (non-hydrogen) atoms. The number of nitrogens with one attached hydrogen (secondary N) is 1. The van der Waals surface area contributed by atoms with Crippen molar-refractivity contribution in [2.45, 2.75) is 13.0 Å². The normalized spacial score (nSPS) is 10.6. The van der Waals surface area contributed by atoms with Crippen LogP contribution < -0.4 is 5.32 Å². The Morgan fingerprint density at radius 1 is 1.06 bits per heavy atom. The molecule has 0 fully saturated rings. The fraction of sp³-hybridized carbons (Fsp3) is 0.538. The topological polar surface area (TPSA) is 30.5 Å². The average molecular weight is 223 g/mol. The molecule has 0 amide bonds. The minimum absolute atomic E-state index is 0.685. The Bertz CT molecular complexity index is 289. The molecule has 1 N–H and O–H groups in total. The van der Waals surface area contributed by atoms with E-state index in [1.807, 2.05) is 0 Å². The molecule has 3 nitrogen and oxygen atoms in total. The average Bonchev–Trinajstić information content (AvgIpc) is 2.30. The van der Waals surface area contributed by atoms with Gasteiger partial charge in [-0.1, -0.05) is 24.3 Å². The maximum absolute atomic E-state index is 5.11. The molecule has 1 rings (SSSR count). The minimum atomic E-state index is 0.685. The van der Waals surface area contributed by atoms with Crippen LogP contribution in [-0.4, -0.2) is 33.9 Å². The Morgan fingerprint density at radius 2 is 1.88 bits per heavy atom. The molecule has 0 unspecified atom stereocenters. The van der Waals surface area contributed by atoms with Crippen LogP contribution in [0.5, 0.6) is 0 Å². The van der Waals surface area contributed by atoms with Gasteiger partial charge < -0.3 is 14.8 Å². The van der Waals surface area contributed by atoms with Gasteiger partial charge in [-0.25, -0.2) is 0 Å². The number of hydrogen-bond donors (Lipinski definition) is 1. The molecule has 0 bridgehead atoms. The van der Waals surface area contributed by atoms with E-state index < -0.39 is 0 Å². The molecule has 0 saturated carbocycles. The number of methoxy groups -OCH3 is 2. The summed E-state index contributed by atoms with van der Waals surface area (Å²) in [5.41, 5.74) is 2.58. The lowest BCUT2D eigenvalue weighted by Gasteiger charge is -2.06. The first-order valence-corrected chi connectivity index (χ1v) is 5.63. The van der Waals surface area contributed by atoms with E-state index >= 15 is 0 Å². The Balaban J connectivity index is 2.27. The Hall–Kier alpha value is -0.900. The zero-order valence-corrected chi connectivity index (χ0v) is 10.2. The van der Waals surface area contributed by atoms with E-state index in [1.54, 1.807) is 14.2 Å². The first-order chi connectivity index (χ1) is 7.86. The molecular formula is C13H21NO2. The van der Waals surface area contributed by atoms with Crippen LogP contribution in [0.3, 0.4) is 0 Å². The van der Waals surface area contributed by atoms with Gasteiger partial charge in [0, 0.05) is 20.8 Å². The molecule has 1 aromatic rings. The van der Waals surface area contributed by atoms with Crippen molar-refractivity contribution >= 4 is 0 Å². The number of hydrogen-bond acceptors (Lipinski definition) is 3. The monoisotopic (exact) mass is 223 g/mol. The second-order valence-electron chi connectivity index (χ2n) is 3.75. The van der Waals surface area contributed by atoms with Gasteiger partial charge in [0.05, 0.1) is 13.2 Å². The second kappa shape index (κ2) is 8.28. The lowest BCUT2D eigenvalue weighted by Crippen LogP contribution is -2.21. The van der Waals surface area contributed by atoms with Crippen LogP contribution in [0, 0.1) is 0 Å². The van der Waals surface area contributed by atoms with E-state index in [4.69, 9.17) is 9.47 Å². The van der Waals surface area contributed by atoms with Gasteiger partial charge in [0.1, 0.15) is 0 Å². The summed E-state index contributed by atoms with van der Waals surface area (Å²) >= 11 is 0. The van der Waals surface area contributed by atoms with Gasteiger partial charge >= 0.3 is 0 Å². The third-order valence-corrected chi connectivity index (χ3v) is 2.38. The lowest BCUT2D eigenvalue weighted by atomic mass is 10.1. The minimum Gasteiger partial charge on any atom is -0.383 e. The highest BCUT2D eigenvalue weighted by Crippen LogP contribution is 2.06. The summed E-state index contributed by atoms with van der Waals surface area (Å²) in [5, 5.41) is 3.33. The van der Waals surface area contributed by atoms with Gasteiger partial charge in [-0.2, -0.15) is 0 Å². The summed E-state index contributed by atoms with van der Waals surface area (Å²) < 4.78 is 10.1. The highest BCUT2D eigenvalue weighted by molar-refractivity contribution is 5.23. The zero-order chi connectivity index (χ0) is 11.6. The molecule has 0 aliphatic carbocycles. The lowest BCUT2D eigenvalue weighted by molar-refractivity contribution is 0.185. The largest absolute Gasteiger partial charge is 0.383 e. The number of rotatable bonds is 8. The van der Waals surface area contributed by atoms with Crippen molar-refractivity contribution in [2.75, 3.05) is 33.9 Å². The molecule has 0 radical (unpaired) electrons. The standard InChI is InChI=1S/C13H21NO2/c1-15-9-8-14-7-6-12-4-3-5-13(10-12)11-16-2/h3-5,10,14H,6-9,11H2,1-2H3. The summed E-state index contributed by atoms with van der Waals surface area (Å²) in [6.45, 7) is 3.35. The SMILES string of the molecule is COCCNCCc1cccc(COC)c1. The summed E-state index contributed by atoms with van der Waals surface area (Å²) in [4.78, 5) is 0. The van der Waals surface area contributed by atoms with Crippen LogP contribution in [0.4, 0.5) is 0 Å². The van der Waals surface area contributed by atoms with Crippen molar-refractivity contribution in [1.82, 2.24) is 5.32 Å². The smallest absolute Gasteiger partial charge is 0.0713 e. The summed E-state index contributed by atoms with van der Waals surface area (Å²) in [5.74, 6) is 0. The van der Waals surface area contributed by atoms with Gasteiger partial charge in [0.25, 0.3) is 0 Å². The zero-order valence-electron chi connectivity index (χ0n) is 10.2. The highest BCUT2D eigenvalue weighted by Gasteiger charge is 1.96. The molecule has 0 aliphatic rings. The van der Waals surface area contributed by atoms with Crippen molar-refractivity contribution in [1.29, 1.82) is 0 Å². The van der Waals surface area contributed by atoms with Crippen LogP contribution in [0.25, 0.3) is 0 Å². The third-order valence-electron chi connectivity index (χ3n) is 2.38. The molecule has 0 atom stereocenters. The van der Waals surface area contributed by atoms with Gasteiger partial charge in [0.2, 0.25) is 0 Å². The van der Waals surface area contributed by atoms with Gasteiger partial charge in [-0.05, 0) is 24.1 Å². The van der Waals surface area contributed by atoms with Crippen LogP contribution >= 0.6 is 0 Å². The van der Waals surface area contributed by atoms with Crippen LogP contribution in [0.2, 0.25) is 0 Å². The fourth-order valence-corrected chi connectivity index (χ4v) is 1.57. The first-order valence-electron chi connectivity index (χ1n) is 5.63. The van der Waals surface area contributed by atoms with E-state index in [9.17, 15) is 0 Å². The molecule has 90 valence electrons. The quantitative estimate of drug-likeness (QED) is 0.679. The molecule has 0 heterocycles. The van der Waals surface area contributed by atoms with Crippen molar-refractivity contribution in [3.05, 3.63) is 35.4 Å². The molecule has 0 aromatic heterocycles. The molecule has 0 saturated heterocycles. The van der Waals surface area contributed by atoms with Crippen molar-refractivity contribution in [3.8, 4) is 0 Å². The Kier molecular flexibility index (Phi) is 6.81. The van der Waals surface area contributed by atoms with Crippen LogP contribution in [0.15, 0.2) is 24.3 Å². The molecule has 1 aromatic carbocycles. The maximum atomic E-state index is 5.11. The molecule has 3 heteroatoms. The van der Waals surface area contributed by atoms with Crippen LogP contribution in [-0.2, 0) is 22.5 Å². The Labute approximate surface area is 97.8 Å². The molecule has 0 spiro atoms. The summed E-state index contributed by atoms with van der Waals surface area (Å²) in [6, 6.07) is 8.52. The first kappa shape index (κ1) is 13.2. The highest BCUT2D eigenvalue weighted by atomic mass is 16.5. The summed E-state index contributed by atoms with van der Waals surface area (Å²) in [6.07, 6.45) is 1.04. The van der Waals surface area contributed by atoms with E-state index in [-0.39, 0.29) is 0 Å². The number of ether oxygens (including phenoxy) is 2. The number of benzene rings is 1. The maximum Gasteiger partial charge on any atom is 0.0713 e. The fourth-order valence-electron chi connectivity index (χ4n) is 1.57. The predicted molar refractivity (Wildman–Crippen MR) is 65.6 cm³/mol. The van der Waals surface area contributed by atoms with Crippen LogP contribution in [0.1, 0.15) is 11.1 Å². The van der Waals surface area contributed by atoms with E-state index in [0.717, 1.165) is 26.1 Å². The van der Waals surface area contributed by atoms with E-state index in [2.05, 4.69) is 29.6 Å². The second-order valence-corrected chi connectivity index (χ2v) is 3.75. The molecule has 0 aliphatic heterocycles. The molecular weight excluding hydrogens is 202 g/mol. The van der Waals surface area contributed by atoms with Crippen molar-refractivity contribution in [3.63, 3.8) is 0 Å². The van der Waals surface area contributed by atoms with Gasteiger partial charge in [-0.15, -0.1) is 0 Å². The van der Waals surface area contributed by atoms with Crippen molar-refractivity contribution < 1.29 is 9.47 Å². The predicted octanol–water partition coefficient (Wildman–Crippen LogP) is 1.61. The van der Waals surface area contributed by atoms with E-state index in [0.29, 0.717) is 6.61 Å². The third kappa shape index (κ3) is 5.26. The van der Waals surface area contributed by atoms with E-state index in [1.165, 1.54) is 11.1 Å².